The summed E-state index contributed by atoms with van der Waals surface area (Å²) < 4.78 is 0. The number of nitrogens with two attached hydrogens (primary N) is 1. The molecule has 0 aromatic carbocycles. The highest BCUT2D eigenvalue weighted by Gasteiger charge is 2.14. The normalized spacial score (nSPS) is 12.2. The van der Waals surface area contributed by atoms with Gasteiger partial charge in [0.15, 0.2) is 0 Å². The quantitative estimate of drug-likeness (QED) is 0.635. The minimum atomic E-state index is -0.106. The van der Waals surface area contributed by atoms with E-state index in [0.717, 1.165) is 19.6 Å². The molecule has 0 radical (unpaired) electrons. The van der Waals surface area contributed by atoms with E-state index in [-0.39, 0.29) is 5.54 Å². The van der Waals surface area contributed by atoms with Gasteiger partial charge in [0, 0.05) is 18.6 Å². The topological polar surface area (TPSA) is 29.3 Å². The Balaban J connectivity index is 3.92. The van der Waals surface area contributed by atoms with E-state index in [9.17, 15) is 0 Å². The van der Waals surface area contributed by atoms with Crippen LogP contribution >= 0.6 is 0 Å². The highest BCUT2D eigenvalue weighted by molar-refractivity contribution is 4.93. The van der Waals surface area contributed by atoms with E-state index in [1.54, 1.807) is 0 Å². The summed E-state index contributed by atoms with van der Waals surface area (Å²) in [6.07, 6.45) is 0. The maximum Gasteiger partial charge on any atom is 0.0226 e. The summed E-state index contributed by atoms with van der Waals surface area (Å²) in [7, 11) is 0. The van der Waals surface area contributed by atoms with Crippen molar-refractivity contribution in [1.29, 1.82) is 0 Å². The number of hydrogen-bond donors (Lipinski definition) is 1. The first kappa shape index (κ1) is 11.7. The molecule has 0 bridgehead atoms. The molecule has 2 nitrogen and oxygen atoms in total. The summed E-state index contributed by atoms with van der Waals surface area (Å²) >= 11 is 0. The van der Waals surface area contributed by atoms with Crippen molar-refractivity contribution >= 4 is 0 Å². The molecule has 0 saturated carbocycles. The van der Waals surface area contributed by atoms with Crippen LogP contribution in [0.15, 0.2) is 12.2 Å². The Morgan fingerprint density at radius 2 is 2.00 bits per heavy atom. The molecule has 0 saturated heterocycles. The fourth-order valence-corrected chi connectivity index (χ4v) is 1.24. The molecule has 0 aliphatic heterocycles. The second-order valence-electron chi connectivity index (χ2n) is 4.25. The SMILES string of the molecule is C=C(C)CN(CC)CC(C)(C)N. The van der Waals surface area contributed by atoms with Crippen molar-refractivity contribution in [2.24, 2.45) is 5.73 Å². The maximum absolute atomic E-state index is 5.92. The first-order valence-corrected chi connectivity index (χ1v) is 4.51. The summed E-state index contributed by atoms with van der Waals surface area (Å²) in [5, 5.41) is 0. The fraction of sp³-hybridized carbons (Fsp3) is 0.800. The smallest absolute Gasteiger partial charge is 0.0226 e. The van der Waals surface area contributed by atoms with Gasteiger partial charge >= 0.3 is 0 Å². The van der Waals surface area contributed by atoms with Crippen LogP contribution in [0, 0.1) is 0 Å². The van der Waals surface area contributed by atoms with Gasteiger partial charge < -0.3 is 5.73 Å². The largest absolute Gasteiger partial charge is 0.324 e. The van der Waals surface area contributed by atoms with Crippen molar-refractivity contribution in [2.45, 2.75) is 33.2 Å². The molecule has 2 heteroatoms. The number of rotatable bonds is 5. The van der Waals surface area contributed by atoms with E-state index in [1.807, 2.05) is 20.8 Å². The monoisotopic (exact) mass is 170 g/mol. The van der Waals surface area contributed by atoms with Crippen molar-refractivity contribution in [1.82, 2.24) is 4.90 Å². The van der Waals surface area contributed by atoms with Crippen LogP contribution in [0.2, 0.25) is 0 Å². The van der Waals surface area contributed by atoms with Crippen LogP contribution in [-0.2, 0) is 0 Å². The molecule has 0 rings (SSSR count). The molecule has 0 heterocycles. The van der Waals surface area contributed by atoms with Crippen LogP contribution in [0.5, 0.6) is 0 Å². The second-order valence-corrected chi connectivity index (χ2v) is 4.25. The van der Waals surface area contributed by atoms with E-state index < -0.39 is 0 Å². The van der Waals surface area contributed by atoms with Crippen LogP contribution in [-0.4, -0.2) is 30.1 Å². The predicted octanol–water partition coefficient (Wildman–Crippen LogP) is 1.62. The van der Waals surface area contributed by atoms with Gasteiger partial charge in [0.05, 0.1) is 0 Å². The van der Waals surface area contributed by atoms with E-state index in [1.165, 1.54) is 5.57 Å². The highest BCUT2D eigenvalue weighted by Crippen LogP contribution is 2.03. The van der Waals surface area contributed by atoms with E-state index in [0.29, 0.717) is 0 Å². The lowest BCUT2D eigenvalue weighted by Gasteiger charge is -2.28. The Kier molecular flexibility index (Phi) is 4.50. The van der Waals surface area contributed by atoms with Crippen molar-refractivity contribution < 1.29 is 0 Å². The average molecular weight is 170 g/mol. The van der Waals surface area contributed by atoms with Gasteiger partial charge in [-0.05, 0) is 27.3 Å². The summed E-state index contributed by atoms with van der Waals surface area (Å²) in [5.74, 6) is 0. The molecule has 0 aromatic heterocycles. The third kappa shape index (κ3) is 6.38. The minimum Gasteiger partial charge on any atom is -0.324 e. The Morgan fingerprint density at radius 1 is 1.50 bits per heavy atom. The van der Waals surface area contributed by atoms with Gasteiger partial charge in [0.25, 0.3) is 0 Å². The number of nitrogens with zero attached hydrogens (tertiary/aromatic N) is 1. The second kappa shape index (κ2) is 4.63. The standard InChI is InChI=1S/C10H22N2/c1-6-12(7-9(2)3)8-10(4,5)11/h2,6-8,11H2,1,3-5H3. The van der Waals surface area contributed by atoms with Crippen molar-refractivity contribution in [3.8, 4) is 0 Å². The Morgan fingerprint density at radius 3 is 2.25 bits per heavy atom. The number of likely N-dealkylation sites (N-methyl/N-ethyl adjacent to an activating group) is 1. The summed E-state index contributed by atoms with van der Waals surface area (Å²) in [4.78, 5) is 2.31. The molecule has 0 aliphatic carbocycles. The lowest BCUT2D eigenvalue weighted by molar-refractivity contribution is 0.253. The maximum atomic E-state index is 5.92. The average Bonchev–Trinajstić information content (AvgIpc) is 1.82. The molecule has 0 aliphatic rings. The van der Waals surface area contributed by atoms with Crippen LogP contribution in [0.25, 0.3) is 0 Å². The predicted molar refractivity (Wildman–Crippen MR) is 55.2 cm³/mol. The molecule has 72 valence electrons. The summed E-state index contributed by atoms with van der Waals surface area (Å²) in [5.41, 5.74) is 7.01. The van der Waals surface area contributed by atoms with Crippen LogP contribution in [0.3, 0.4) is 0 Å². The van der Waals surface area contributed by atoms with Gasteiger partial charge in [0.1, 0.15) is 0 Å². The number of hydrogen-bond acceptors (Lipinski definition) is 2. The van der Waals surface area contributed by atoms with Gasteiger partial charge in [0.2, 0.25) is 0 Å². The third-order valence-corrected chi connectivity index (χ3v) is 1.57. The van der Waals surface area contributed by atoms with E-state index >= 15 is 0 Å². The third-order valence-electron chi connectivity index (χ3n) is 1.57. The zero-order valence-electron chi connectivity index (χ0n) is 8.85. The molecule has 0 aromatic rings. The molecule has 2 N–H and O–H groups in total. The molecule has 0 atom stereocenters. The van der Waals surface area contributed by atoms with Crippen LogP contribution < -0.4 is 5.73 Å². The van der Waals surface area contributed by atoms with Crippen molar-refractivity contribution in [3.05, 3.63) is 12.2 Å². The van der Waals surface area contributed by atoms with Crippen molar-refractivity contribution in [3.63, 3.8) is 0 Å². The van der Waals surface area contributed by atoms with Gasteiger partial charge in [-0.15, -0.1) is 0 Å². The Hall–Kier alpha value is -0.340. The lowest BCUT2D eigenvalue weighted by Crippen LogP contribution is -2.45. The highest BCUT2D eigenvalue weighted by atomic mass is 15.1. The molecule has 12 heavy (non-hydrogen) atoms. The van der Waals surface area contributed by atoms with Gasteiger partial charge in [-0.3, -0.25) is 4.90 Å². The zero-order chi connectivity index (χ0) is 9.78. The molecular formula is C10H22N2. The lowest BCUT2D eigenvalue weighted by atomic mass is 10.1. The first-order chi connectivity index (χ1) is 5.35. The van der Waals surface area contributed by atoms with Crippen LogP contribution in [0.1, 0.15) is 27.7 Å². The Labute approximate surface area is 76.4 Å². The van der Waals surface area contributed by atoms with E-state index in [2.05, 4.69) is 18.4 Å². The minimum absolute atomic E-state index is 0.106. The molecule has 0 spiro atoms. The molecule has 0 unspecified atom stereocenters. The summed E-state index contributed by atoms with van der Waals surface area (Å²) in [6.45, 7) is 15.1. The molecular weight excluding hydrogens is 148 g/mol. The Bertz CT molecular complexity index is 144. The van der Waals surface area contributed by atoms with Gasteiger partial charge in [-0.2, -0.15) is 0 Å². The summed E-state index contributed by atoms with van der Waals surface area (Å²) in [6, 6.07) is 0. The first-order valence-electron chi connectivity index (χ1n) is 4.51. The zero-order valence-corrected chi connectivity index (χ0v) is 8.85. The van der Waals surface area contributed by atoms with Gasteiger partial charge in [-0.25, -0.2) is 0 Å². The molecule has 0 fully saturated rings. The van der Waals surface area contributed by atoms with Gasteiger partial charge in [-0.1, -0.05) is 19.1 Å². The van der Waals surface area contributed by atoms with Crippen LogP contribution in [0.4, 0.5) is 0 Å². The van der Waals surface area contributed by atoms with E-state index in [4.69, 9.17) is 5.73 Å². The van der Waals surface area contributed by atoms with Crippen molar-refractivity contribution in [2.75, 3.05) is 19.6 Å². The molecule has 0 amide bonds. The fourth-order valence-electron chi connectivity index (χ4n) is 1.24.